The van der Waals surface area contributed by atoms with Crippen molar-refractivity contribution < 1.29 is 19.8 Å². The molecular formula is C11H14ClNO4. The number of carbonyl (C=O) groups is 2. The molecule has 1 rings (SSSR count). The number of rotatable bonds is 5. The van der Waals surface area contributed by atoms with Crippen molar-refractivity contribution in [2.75, 3.05) is 0 Å². The van der Waals surface area contributed by atoms with Crippen molar-refractivity contribution >= 4 is 24.3 Å². The van der Waals surface area contributed by atoms with Crippen molar-refractivity contribution in [3.05, 3.63) is 35.9 Å². The van der Waals surface area contributed by atoms with Gasteiger partial charge < -0.3 is 15.9 Å². The summed E-state index contributed by atoms with van der Waals surface area (Å²) in [5.41, 5.74) is 5.89. The van der Waals surface area contributed by atoms with Crippen molar-refractivity contribution in [1.82, 2.24) is 0 Å². The highest BCUT2D eigenvalue weighted by atomic mass is 35.5. The molecule has 5 nitrogen and oxygen atoms in total. The largest absolute Gasteiger partial charge is 0.481 e. The molecule has 0 spiro atoms. The summed E-state index contributed by atoms with van der Waals surface area (Å²) in [5, 5.41) is 17.7. The van der Waals surface area contributed by atoms with Crippen molar-refractivity contribution in [3.8, 4) is 0 Å². The minimum absolute atomic E-state index is 0. The maximum absolute atomic E-state index is 11.0. The van der Waals surface area contributed by atoms with Crippen LogP contribution < -0.4 is 5.73 Å². The smallest absolute Gasteiger partial charge is 0.320 e. The van der Waals surface area contributed by atoms with E-state index < -0.39 is 23.9 Å². The number of hydrogen-bond donors (Lipinski definition) is 3. The molecule has 6 heteroatoms. The molecule has 1 aromatic carbocycles. The lowest BCUT2D eigenvalue weighted by molar-refractivity contribution is -0.141. The van der Waals surface area contributed by atoms with Gasteiger partial charge in [-0.3, -0.25) is 9.59 Å². The minimum atomic E-state index is -1.19. The summed E-state index contributed by atoms with van der Waals surface area (Å²) in [6, 6.07) is 7.30. The fourth-order valence-corrected chi connectivity index (χ4v) is 1.42. The molecule has 0 aliphatic rings. The van der Waals surface area contributed by atoms with Gasteiger partial charge in [-0.15, -0.1) is 12.4 Å². The van der Waals surface area contributed by atoms with Gasteiger partial charge in [0.15, 0.2) is 0 Å². The van der Waals surface area contributed by atoms with Gasteiger partial charge in [0.2, 0.25) is 0 Å². The highest BCUT2D eigenvalue weighted by molar-refractivity contribution is 5.85. The van der Waals surface area contributed by atoms with Gasteiger partial charge in [0.25, 0.3) is 0 Å². The summed E-state index contributed by atoms with van der Waals surface area (Å²) in [6.45, 7) is 0. The molecule has 0 fully saturated rings. The minimum Gasteiger partial charge on any atom is -0.481 e. The zero-order valence-electron chi connectivity index (χ0n) is 8.95. The van der Waals surface area contributed by atoms with Gasteiger partial charge in [-0.25, -0.2) is 0 Å². The molecule has 0 aliphatic heterocycles. The Hall–Kier alpha value is -1.59. The van der Waals surface area contributed by atoms with Crippen LogP contribution in [0.25, 0.3) is 0 Å². The van der Waals surface area contributed by atoms with E-state index in [4.69, 9.17) is 15.9 Å². The molecule has 0 heterocycles. The Morgan fingerprint density at radius 1 is 1.12 bits per heavy atom. The Morgan fingerprint density at radius 3 is 2.06 bits per heavy atom. The molecule has 4 N–H and O–H groups in total. The monoisotopic (exact) mass is 259 g/mol. The molecule has 0 amide bonds. The first-order valence-electron chi connectivity index (χ1n) is 4.78. The second kappa shape index (κ2) is 6.88. The quantitative estimate of drug-likeness (QED) is 0.735. The Bertz CT molecular complexity index is 382. The van der Waals surface area contributed by atoms with Crippen LogP contribution in [0, 0.1) is 0 Å². The highest BCUT2D eigenvalue weighted by Crippen LogP contribution is 2.20. The topological polar surface area (TPSA) is 101 Å². The van der Waals surface area contributed by atoms with E-state index in [-0.39, 0.29) is 18.8 Å². The van der Waals surface area contributed by atoms with Gasteiger partial charge in [-0.1, -0.05) is 30.3 Å². The van der Waals surface area contributed by atoms with E-state index >= 15 is 0 Å². The van der Waals surface area contributed by atoms with E-state index in [0.29, 0.717) is 5.56 Å². The summed E-state index contributed by atoms with van der Waals surface area (Å²) in [4.78, 5) is 21.6. The first-order valence-corrected chi connectivity index (χ1v) is 4.78. The van der Waals surface area contributed by atoms with Crippen molar-refractivity contribution in [3.63, 3.8) is 0 Å². The van der Waals surface area contributed by atoms with E-state index in [2.05, 4.69) is 0 Å². The van der Waals surface area contributed by atoms with Gasteiger partial charge >= 0.3 is 11.9 Å². The number of halogens is 1. The molecule has 0 aliphatic carbocycles. The number of carboxylic acids is 2. The van der Waals surface area contributed by atoms with Crippen LogP contribution >= 0.6 is 12.4 Å². The standard InChI is InChI=1S/C11H13NO4.ClH/c12-9(11(15)16)6-8(10(13)14)7-4-2-1-3-5-7;/h1-5,8-9H,6,12H2,(H,13,14)(H,15,16);1H. The fraction of sp³-hybridized carbons (Fsp3) is 0.273. The summed E-state index contributed by atoms with van der Waals surface area (Å²) in [6.07, 6.45) is -0.116. The van der Waals surface area contributed by atoms with Crippen molar-refractivity contribution in [1.29, 1.82) is 0 Å². The maximum atomic E-state index is 11.0. The summed E-state index contributed by atoms with van der Waals surface area (Å²) >= 11 is 0. The molecule has 0 bridgehead atoms. The van der Waals surface area contributed by atoms with Crippen molar-refractivity contribution in [2.45, 2.75) is 18.4 Å². The predicted octanol–water partition coefficient (Wildman–Crippen LogP) is 1.08. The van der Waals surface area contributed by atoms with E-state index in [9.17, 15) is 9.59 Å². The lowest BCUT2D eigenvalue weighted by Gasteiger charge is -2.14. The van der Waals surface area contributed by atoms with Crippen LogP contribution in [0.4, 0.5) is 0 Å². The average molecular weight is 260 g/mol. The molecule has 94 valence electrons. The van der Waals surface area contributed by atoms with Crippen molar-refractivity contribution in [2.24, 2.45) is 5.73 Å². The number of benzene rings is 1. The molecule has 0 saturated carbocycles. The molecule has 0 saturated heterocycles. The number of aliphatic carboxylic acids is 2. The summed E-state index contributed by atoms with van der Waals surface area (Å²) in [7, 11) is 0. The van der Waals surface area contributed by atoms with E-state index in [0.717, 1.165) is 0 Å². The first-order chi connectivity index (χ1) is 7.52. The molecule has 2 unspecified atom stereocenters. The highest BCUT2D eigenvalue weighted by Gasteiger charge is 2.25. The maximum Gasteiger partial charge on any atom is 0.320 e. The lowest BCUT2D eigenvalue weighted by atomic mass is 9.92. The second-order valence-corrected chi connectivity index (χ2v) is 3.48. The van der Waals surface area contributed by atoms with E-state index in [1.54, 1.807) is 30.3 Å². The third-order valence-corrected chi connectivity index (χ3v) is 2.31. The zero-order valence-corrected chi connectivity index (χ0v) is 9.76. The van der Waals surface area contributed by atoms with Gasteiger partial charge in [-0.2, -0.15) is 0 Å². The Morgan fingerprint density at radius 2 is 1.65 bits per heavy atom. The fourth-order valence-electron chi connectivity index (χ4n) is 1.42. The Labute approximate surface area is 105 Å². The first kappa shape index (κ1) is 15.4. The normalized spacial score (nSPS) is 13.2. The summed E-state index contributed by atoms with van der Waals surface area (Å²) < 4.78 is 0. The van der Waals surface area contributed by atoms with Crippen LogP contribution in [0.3, 0.4) is 0 Å². The zero-order chi connectivity index (χ0) is 12.1. The molecule has 17 heavy (non-hydrogen) atoms. The molecule has 0 radical (unpaired) electrons. The van der Waals surface area contributed by atoms with Crippen LogP contribution in [0.5, 0.6) is 0 Å². The molecular weight excluding hydrogens is 246 g/mol. The van der Waals surface area contributed by atoms with Crippen LogP contribution in [0.1, 0.15) is 17.9 Å². The van der Waals surface area contributed by atoms with Crippen LogP contribution in [0.15, 0.2) is 30.3 Å². The average Bonchev–Trinajstić information content (AvgIpc) is 2.26. The van der Waals surface area contributed by atoms with Gasteiger partial charge in [-0.05, 0) is 12.0 Å². The third kappa shape index (κ3) is 4.42. The van der Waals surface area contributed by atoms with Crippen LogP contribution in [-0.4, -0.2) is 28.2 Å². The van der Waals surface area contributed by atoms with E-state index in [1.807, 2.05) is 0 Å². The van der Waals surface area contributed by atoms with Gasteiger partial charge in [0, 0.05) is 0 Å². The number of carboxylic acid groups (broad SMARTS) is 2. The predicted molar refractivity (Wildman–Crippen MR) is 64.3 cm³/mol. The second-order valence-electron chi connectivity index (χ2n) is 3.48. The van der Waals surface area contributed by atoms with Crippen LogP contribution in [-0.2, 0) is 9.59 Å². The van der Waals surface area contributed by atoms with E-state index in [1.165, 1.54) is 0 Å². The molecule has 1 aromatic rings. The Balaban J connectivity index is 0.00000256. The number of hydrogen-bond acceptors (Lipinski definition) is 3. The lowest BCUT2D eigenvalue weighted by Crippen LogP contribution is -2.33. The molecule has 0 aromatic heterocycles. The number of nitrogens with two attached hydrogens (primary N) is 1. The molecule has 2 atom stereocenters. The summed E-state index contributed by atoms with van der Waals surface area (Å²) in [5.74, 6) is -3.14. The third-order valence-electron chi connectivity index (χ3n) is 2.31. The SMILES string of the molecule is Cl.NC(CC(C(=O)O)c1ccccc1)C(=O)O. The Kier molecular flexibility index (Phi) is 6.23. The van der Waals surface area contributed by atoms with Gasteiger partial charge in [0.1, 0.15) is 6.04 Å². The van der Waals surface area contributed by atoms with Crippen LogP contribution in [0.2, 0.25) is 0 Å². The van der Waals surface area contributed by atoms with Gasteiger partial charge in [0.05, 0.1) is 5.92 Å².